The second kappa shape index (κ2) is 10.8. The van der Waals surface area contributed by atoms with Gasteiger partial charge in [0.15, 0.2) is 5.82 Å². The number of benzene rings is 2. The number of carboxylic acids is 1. The molecule has 2 heterocycles. The van der Waals surface area contributed by atoms with Gasteiger partial charge in [-0.15, -0.1) is 0 Å². The van der Waals surface area contributed by atoms with Crippen LogP contribution in [0.15, 0.2) is 59.6 Å². The average Bonchev–Trinajstić information content (AvgIpc) is 3.54. The number of halogens is 3. The van der Waals surface area contributed by atoms with Gasteiger partial charge in [-0.3, -0.25) is 0 Å². The SMILES string of the molecule is NC1c2c(nc(C3=C(c4ccccc4)CCC3)n2Cc2ccc(C(F)(F)F)cc2)N=C(C(=O)O)N1CCC1CCC1. The Bertz CT molecular complexity index is 1500. The van der Waals surface area contributed by atoms with Crippen molar-refractivity contribution in [3.05, 3.63) is 82.8 Å². The van der Waals surface area contributed by atoms with Crippen molar-refractivity contribution in [2.75, 3.05) is 6.54 Å². The van der Waals surface area contributed by atoms with Crippen LogP contribution in [0.1, 0.15) is 79.3 Å². The van der Waals surface area contributed by atoms with Gasteiger partial charge in [0.1, 0.15) is 17.7 Å². The number of alkyl halides is 3. The van der Waals surface area contributed by atoms with Gasteiger partial charge in [-0.1, -0.05) is 61.7 Å². The van der Waals surface area contributed by atoms with Gasteiger partial charge in [-0.2, -0.15) is 13.2 Å². The van der Waals surface area contributed by atoms with Crippen molar-refractivity contribution in [1.82, 2.24) is 14.5 Å². The molecule has 214 valence electrons. The van der Waals surface area contributed by atoms with Crippen LogP contribution >= 0.6 is 0 Å². The smallest absolute Gasteiger partial charge is 0.416 e. The number of aliphatic carboxylic acids is 1. The molecule has 2 aliphatic carbocycles. The summed E-state index contributed by atoms with van der Waals surface area (Å²) < 4.78 is 41.7. The van der Waals surface area contributed by atoms with E-state index in [0.29, 0.717) is 29.5 Å². The van der Waals surface area contributed by atoms with E-state index >= 15 is 0 Å². The van der Waals surface area contributed by atoms with Crippen molar-refractivity contribution in [1.29, 1.82) is 0 Å². The Hall–Kier alpha value is -3.92. The lowest BCUT2D eigenvalue weighted by atomic mass is 9.83. The molecule has 3 N–H and O–H groups in total. The van der Waals surface area contributed by atoms with E-state index in [2.05, 4.69) is 17.1 Å². The van der Waals surface area contributed by atoms with E-state index in [1.54, 1.807) is 4.90 Å². The van der Waals surface area contributed by atoms with E-state index in [-0.39, 0.29) is 18.2 Å². The summed E-state index contributed by atoms with van der Waals surface area (Å²) in [5.74, 6) is 0.144. The molecule has 0 saturated heterocycles. The molecule has 1 saturated carbocycles. The number of carbonyl (C=O) groups is 1. The van der Waals surface area contributed by atoms with Crippen molar-refractivity contribution >= 4 is 28.8 Å². The number of rotatable bonds is 8. The van der Waals surface area contributed by atoms with Gasteiger partial charge in [-0.05, 0) is 66.0 Å². The molecule has 3 aliphatic rings. The maximum atomic E-state index is 13.2. The first-order valence-electron chi connectivity index (χ1n) is 14.1. The summed E-state index contributed by atoms with van der Waals surface area (Å²) in [6.07, 6.45) is 1.57. The minimum atomic E-state index is -4.43. The molecule has 0 amide bonds. The third-order valence-corrected chi connectivity index (χ3v) is 8.51. The Kier molecular flexibility index (Phi) is 7.19. The number of hydrogen-bond donors (Lipinski definition) is 2. The Balaban J connectivity index is 1.46. The number of aromatic nitrogens is 2. The van der Waals surface area contributed by atoms with Crippen molar-refractivity contribution in [2.24, 2.45) is 16.6 Å². The number of hydrogen-bond acceptors (Lipinski definition) is 5. The molecule has 1 atom stereocenters. The number of fused-ring (bicyclic) bond motifs is 1. The van der Waals surface area contributed by atoms with Crippen LogP contribution in [0, 0.1) is 5.92 Å². The van der Waals surface area contributed by atoms with Crippen molar-refractivity contribution in [3.8, 4) is 0 Å². The van der Waals surface area contributed by atoms with Gasteiger partial charge in [0, 0.05) is 13.1 Å². The number of aliphatic imine (C=N–C) groups is 1. The molecule has 1 aromatic heterocycles. The van der Waals surface area contributed by atoms with Gasteiger partial charge in [-0.25, -0.2) is 14.8 Å². The van der Waals surface area contributed by atoms with Crippen LogP contribution in [0.25, 0.3) is 11.1 Å². The van der Waals surface area contributed by atoms with Gasteiger partial charge >= 0.3 is 12.1 Å². The summed E-state index contributed by atoms with van der Waals surface area (Å²) in [5, 5.41) is 10.0. The molecule has 0 bridgehead atoms. The van der Waals surface area contributed by atoms with Crippen LogP contribution in [0.2, 0.25) is 0 Å². The lowest BCUT2D eigenvalue weighted by Crippen LogP contribution is -2.46. The van der Waals surface area contributed by atoms with Crippen molar-refractivity contribution in [2.45, 2.75) is 63.8 Å². The van der Waals surface area contributed by atoms with Gasteiger partial charge in [0.25, 0.3) is 0 Å². The summed E-state index contributed by atoms with van der Waals surface area (Å²) in [4.78, 5) is 23.3. The van der Waals surface area contributed by atoms with Crippen LogP contribution in [-0.2, 0) is 17.5 Å². The third-order valence-electron chi connectivity index (χ3n) is 8.51. The van der Waals surface area contributed by atoms with Gasteiger partial charge in [0.2, 0.25) is 5.84 Å². The Morgan fingerprint density at radius 1 is 1.00 bits per heavy atom. The zero-order chi connectivity index (χ0) is 28.7. The molecule has 10 heteroatoms. The number of nitrogens with zero attached hydrogens (tertiary/aromatic N) is 4. The monoisotopic (exact) mass is 563 g/mol. The Morgan fingerprint density at radius 3 is 2.34 bits per heavy atom. The fourth-order valence-corrected chi connectivity index (χ4v) is 6.11. The van der Waals surface area contributed by atoms with E-state index in [9.17, 15) is 23.1 Å². The first kappa shape index (κ1) is 27.3. The molecule has 1 unspecified atom stereocenters. The Labute approximate surface area is 236 Å². The van der Waals surface area contributed by atoms with Crippen LogP contribution in [0.3, 0.4) is 0 Å². The van der Waals surface area contributed by atoms with E-state index in [4.69, 9.17) is 10.7 Å². The predicted molar refractivity (Wildman–Crippen MR) is 150 cm³/mol. The summed E-state index contributed by atoms with van der Waals surface area (Å²) in [7, 11) is 0. The molecule has 0 spiro atoms. The molecule has 3 aromatic rings. The number of amidine groups is 1. The van der Waals surface area contributed by atoms with Gasteiger partial charge in [0.05, 0.1) is 5.56 Å². The van der Waals surface area contributed by atoms with E-state index < -0.39 is 23.9 Å². The normalized spacial score (nSPS) is 19.3. The molecule has 1 aliphatic heterocycles. The standard InChI is InChI=1S/C31H32F3N5O2/c32-31(33,34)22-14-12-20(13-15-22)18-39-25-26(35)38(17-16-19-6-4-7-19)29(30(40)41)37-27(25)36-28(39)24-11-5-10-23(24)21-8-2-1-3-9-21/h1-3,8-9,12-15,19,26H,4-7,10-11,16-18,35H2,(H,40,41). The van der Waals surface area contributed by atoms with Crippen LogP contribution < -0.4 is 5.73 Å². The molecule has 2 aromatic carbocycles. The predicted octanol–water partition coefficient (Wildman–Crippen LogP) is 6.62. The highest BCUT2D eigenvalue weighted by Gasteiger charge is 2.38. The van der Waals surface area contributed by atoms with Crippen LogP contribution in [-0.4, -0.2) is 37.9 Å². The topological polar surface area (TPSA) is 96.7 Å². The average molecular weight is 564 g/mol. The number of carboxylic acid groups (broad SMARTS) is 1. The van der Waals surface area contributed by atoms with Crippen LogP contribution in [0.4, 0.5) is 19.0 Å². The van der Waals surface area contributed by atoms with E-state index in [1.807, 2.05) is 22.8 Å². The van der Waals surface area contributed by atoms with Crippen molar-refractivity contribution in [3.63, 3.8) is 0 Å². The zero-order valence-corrected chi connectivity index (χ0v) is 22.6. The third kappa shape index (κ3) is 5.28. The maximum absolute atomic E-state index is 13.2. The summed E-state index contributed by atoms with van der Waals surface area (Å²) in [6, 6.07) is 15.1. The molecular formula is C31H32F3N5O2. The molecule has 7 nitrogen and oxygen atoms in total. The fourth-order valence-electron chi connectivity index (χ4n) is 6.11. The van der Waals surface area contributed by atoms with Crippen molar-refractivity contribution < 1.29 is 23.1 Å². The highest BCUT2D eigenvalue weighted by atomic mass is 19.4. The van der Waals surface area contributed by atoms with E-state index in [0.717, 1.165) is 67.4 Å². The number of imidazole rings is 1. The number of allylic oxidation sites excluding steroid dienone is 2. The lowest BCUT2D eigenvalue weighted by molar-refractivity contribution is -0.137. The highest BCUT2D eigenvalue weighted by Crippen LogP contribution is 2.43. The van der Waals surface area contributed by atoms with Gasteiger partial charge < -0.3 is 20.3 Å². The largest absolute Gasteiger partial charge is 0.475 e. The lowest BCUT2D eigenvalue weighted by Gasteiger charge is -2.36. The highest BCUT2D eigenvalue weighted by molar-refractivity contribution is 6.35. The van der Waals surface area contributed by atoms with Crippen LogP contribution in [0.5, 0.6) is 0 Å². The number of nitrogens with two attached hydrogens (primary N) is 1. The molecule has 0 radical (unpaired) electrons. The molecule has 41 heavy (non-hydrogen) atoms. The maximum Gasteiger partial charge on any atom is 0.416 e. The minimum absolute atomic E-state index is 0.126. The zero-order valence-electron chi connectivity index (χ0n) is 22.6. The Morgan fingerprint density at radius 2 is 1.71 bits per heavy atom. The molecule has 1 fully saturated rings. The fraction of sp³-hybridized carbons (Fsp3) is 0.387. The second-order valence-electron chi connectivity index (χ2n) is 11.1. The minimum Gasteiger partial charge on any atom is -0.475 e. The summed E-state index contributed by atoms with van der Waals surface area (Å²) in [5.41, 5.74) is 10.6. The quantitative estimate of drug-likeness (QED) is 0.321. The second-order valence-corrected chi connectivity index (χ2v) is 11.1. The summed E-state index contributed by atoms with van der Waals surface area (Å²) >= 11 is 0. The molecular weight excluding hydrogens is 531 g/mol. The first-order chi connectivity index (χ1) is 19.7. The van der Waals surface area contributed by atoms with E-state index in [1.165, 1.54) is 18.6 Å². The summed E-state index contributed by atoms with van der Waals surface area (Å²) in [6.45, 7) is 0.679. The molecule has 6 rings (SSSR count). The first-order valence-corrected chi connectivity index (χ1v) is 14.1.